The number of nitrogens with zero attached hydrogens (tertiary/aromatic N) is 3. The number of cyclic esters (lactones) is 1. The maximum atomic E-state index is 13.5. The van der Waals surface area contributed by atoms with Crippen LogP contribution in [0.3, 0.4) is 0 Å². The van der Waals surface area contributed by atoms with Gasteiger partial charge < -0.3 is 14.0 Å². The molecule has 0 radical (unpaired) electrons. The zero-order valence-corrected chi connectivity index (χ0v) is 23.1. The highest BCUT2D eigenvalue weighted by Gasteiger charge is 2.51. The van der Waals surface area contributed by atoms with Crippen LogP contribution in [0.15, 0.2) is 103 Å². The Hall–Kier alpha value is -4.90. The van der Waals surface area contributed by atoms with Gasteiger partial charge in [-0.3, -0.25) is 0 Å². The number of esters is 1. The van der Waals surface area contributed by atoms with Gasteiger partial charge in [-0.05, 0) is 83.6 Å². The summed E-state index contributed by atoms with van der Waals surface area (Å²) in [4.78, 5) is 20.3. The molecule has 8 rings (SSSR count). The Balaban J connectivity index is 1.44. The van der Waals surface area contributed by atoms with Crippen molar-refractivity contribution in [2.75, 3.05) is 18.5 Å². The lowest BCUT2D eigenvalue weighted by molar-refractivity contribution is 0.0234. The number of aryl methyl sites for hydroxylation is 2. The number of hydrogen-bond donors (Lipinski definition) is 0. The average Bonchev–Trinajstić information content (AvgIpc) is 3.54. The molecular formula is C36H29N3O2. The molecule has 6 aromatic rings. The molecule has 0 amide bonds. The SMILES string of the molecule is Cc1c(-c2cc(C3(c4ccc5c(c4)CCCN5C)OC(=O)c4ncccc43)n3ccccc23)ccc2ccccc12. The van der Waals surface area contributed by atoms with E-state index >= 15 is 0 Å². The van der Waals surface area contributed by atoms with Gasteiger partial charge in [0.15, 0.2) is 5.69 Å². The Morgan fingerprint density at radius 3 is 2.71 bits per heavy atom. The van der Waals surface area contributed by atoms with Crippen molar-refractivity contribution in [1.29, 1.82) is 0 Å². The number of carbonyl (C=O) groups is 1. The highest BCUT2D eigenvalue weighted by molar-refractivity contribution is 5.97. The van der Waals surface area contributed by atoms with Gasteiger partial charge in [0.1, 0.15) is 0 Å². The van der Waals surface area contributed by atoms with E-state index in [0.29, 0.717) is 5.69 Å². The number of aromatic nitrogens is 2. The second kappa shape index (κ2) is 8.80. The first-order chi connectivity index (χ1) is 20.1. The minimum absolute atomic E-state index is 0.372. The summed E-state index contributed by atoms with van der Waals surface area (Å²) >= 11 is 0. The molecule has 3 aromatic carbocycles. The number of fused-ring (bicyclic) bond motifs is 4. The van der Waals surface area contributed by atoms with Crippen LogP contribution in [-0.4, -0.2) is 28.9 Å². The Kier molecular flexibility index (Phi) is 5.14. The molecule has 3 aromatic heterocycles. The van der Waals surface area contributed by atoms with Crippen LogP contribution in [0.5, 0.6) is 0 Å². The molecule has 200 valence electrons. The quantitative estimate of drug-likeness (QED) is 0.223. The third-order valence-electron chi connectivity index (χ3n) is 8.99. The van der Waals surface area contributed by atoms with Gasteiger partial charge in [-0.2, -0.15) is 0 Å². The standard InChI is InChI=1S/C36H29N3O2/c1-23-27-11-4-3-9-24(27)14-16-28(23)29-22-33(39-20-6-5-13-32(29)39)36(30-12-7-18-37-34(30)35(40)41-36)26-15-17-31-25(21-26)10-8-19-38(31)2/h3-7,9,11-18,20-22H,8,10,19H2,1-2H3. The van der Waals surface area contributed by atoms with Crippen LogP contribution in [-0.2, 0) is 16.8 Å². The molecular weight excluding hydrogens is 506 g/mol. The molecule has 5 heteroatoms. The molecule has 0 saturated carbocycles. The van der Waals surface area contributed by atoms with Crippen LogP contribution in [0.25, 0.3) is 27.4 Å². The topological polar surface area (TPSA) is 46.8 Å². The van der Waals surface area contributed by atoms with E-state index in [1.165, 1.54) is 27.6 Å². The summed E-state index contributed by atoms with van der Waals surface area (Å²) in [6, 6.07) is 31.8. The zero-order valence-electron chi connectivity index (χ0n) is 23.1. The Morgan fingerprint density at radius 2 is 1.78 bits per heavy atom. The van der Waals surface area contributed by atoms with Gasteiger partial charge in [0, 0.05) is 48.4 Å². The summed E-state index contributed by atoms with van der Waals surface area (Å²) in [5.41, 5.74) is 8.90. The number of pyridine rings is 2. The second-order valence-electron chi connectivity index (χ2n) is 11.2. The summed E-state index contributed by atoms with van der Waals surface area (Å²) < 4.78 is 8.72. The predicted octanol–water partition coefficient (Wildman–Crippen LogP) is 7.31. The number of benzene rings is 3. The van der Waals surface area contributed by atoms with Crippen LogP contribution >= 0.6 is 0 Å². The van der Waals surface area contributed by atoms with E-state index in [2.05, 4.69) is 107 Å². The summed E-state index contributed by atoms with van der Waals surface area (Å²) in [5, 5.41) is 2.45. The van der Waals surface area contributed by atoms with E-state index in [0.717, 1.165) is 52.9 Å². The van der Waals surface area contributed by atoms with E-state index in [-0.39, 0.29) is 0 Å². The first-order valence-electron chi connectivity index (χ1n) is 14.2. The van der Waals surface area contributed by atoms with E-state index in [1.54, 1.807) is 6.20 Å². The molecule has 2 aliphatic heterocycles. The molecule has 1 atom stereocenters. The lowest BCUT2D eigenvalue weighted by Gasteiger charge is -2.33. The lowest BCUT2D eigenvalue weighted by Crippen LogP contribution is -2.32. The highest BCUT2D eigenvalue weighted by atomic mass is 16.6. The molecule has 5 heterocycles. The Labute approximate surface area is 238 Å². The van der Waals surface area contributed by atoms with Gasteiger partial charge in [0.05, 0.1) is 11.2 Å². The molecule has 0 N–H and O–H groups in total. The van der Waals surface area contributed by atoms with Gasteiger partial charge in [0.2, 0.25) is 5.60 Å². The van der Waals surface area contributed by atoms with Crippen molar-refractivity contribution in [1.82, 2.24) is 9.38 Å². The maximum Gasteiger partial charge on any atom is 0.359 e. The van der Waals surface area contributed by atoms with E-state index in [1.807, 2.05) is 18.2 Å². The normalized spacial score (nSPS) is 18.0. The molecule has 1 unspecified atom stereocenters. The first-order valence-corrected chi connectivity index (χ1v) is 14.2. The van der Waals surface area contributed by atoms with E-state index < -0.39 is 11.6 Å². The van der Waals surface area contributed by atoms with Gasteiger partial charge in [0.25, 0.3) is 0 Å². The minimum Gasteiger partial charge on any atom is -0.438 e. The van der Waals surface area contributed by atoms with Crippen molar-refractivity contribution in [3.8, 4) is 11.1 Å². The third kappa shape index (κ3) is 3.35. The van der Waals surface area contributed by atoms with Crippen molar-refractivity contribution in [3.05, 3.63) is 137 Å². The van der Waals surface area contributed by atoms with Gasteiger partial charge in [-0.1, -0.05) is 54.6 Å². The Bertz CT molecular complexity index is 2020. The van der Waals surface area contributed by atoms with Crippen LogP contribution in [0, 0.1) is 6.92 Å². The Morgan fingerprint density at radius 1 is 0.902 bits per heavy atom. The summed E-state index contributed by atoms with van der Waals surface area (Å²) in [7, 11) is 2.14. The van der Waals surface area contributed by atoms with Crippen LogP contribution in [0.2, 0.25) is 0 Å². The summed E-state index contributed by atoms with van der Waals surface area (Å²) in [6.07, 6.45) is 5.82. The number of hydrogen-bond acceptors (Lipinski definition) is 4. The van der Waals surface area contributed by atoms with Crippen molar-refractivity contribution >= 4 is 27.9 Å². The van der Waals surface area contributed by atoms with Crippen molar-refractivity contribution in [2.24, 2.45) is 0 Å². The molecule has 0 bridgehead atoms. The van der Waals surface area contributed by atoms with Crippen LogP contribution < -0.4 is 4.90 Å². The molecule has 0 fully saturated rings. The van der Waals surface area contributed by atoms with E-state index in [4.69, 9.17) is 4.74 Å². The average molecular weight is 536 g/mol. The molecule has 5 nitrogen and oxygen atoms in total. The molecule has 0 saturated heterocycles. The van der Waals surface area contributed by atoms with Crippen LogP contribution in [0.1, 0.15) is 44.9 Å². The molecule has 41 heavy (non-hydrogen) atoms. The summed E-state index contributed by atoms with van der Waals surface area (Å²) in [6.45, 7) is 3.23. The smallest absolute Gasteiger partial charge is 0.359 e. The van der Waals surface area contributed by atoms with Crippen molar-refractivity contribution in [3.63, 3.8) is 0 Å². The van der Waals surface area contributed by atoms with Crippen molar-refractivity contribution < 1.29 is 9.53 Å². The molecule has 2 aliphatic rings. The largest absolute Gasteiger partial charge is 0.438 e. The van der Waals surface area contributed by atoms with Gasteiger partial charge in [-0.15, -0.1) is 0 Å². The number of anilines is 1. The van der Waals surface area contributed by atoms with Gasteiger partial charge >= 0.3 is 5.97 Å². The molecule has 0 spiro atoms. The molecule has 0 aliphatic carbocycles. The third-order valence-corrected chi connectivity index (χ3v) is 8.99. The highest BCUT2D eigenvalue weighted by Crippen LogP contribution is 2.49. The lowest BCUT2D eigenvalue weighted by atomic mass is 9.82. The number of rotatable bonds is 3. The fourth-order valence-corrected chi connectivity index (χ4v) is 7.01. The fourth-order valence-electron chi connectivity index (χ4n) is 7.01. The fraction of sp³-hybridized carbons (Fsp3) is 0.167. The van der Waals surface area contributed by atoms with Gasteiger partial charge in [-0.25, -0.2) is 9.78 Å². The monoisotopic (exact) mass is 535 g/mol. The van der Waals surface area contributed by atoms with E-state index in [9.17, 15) is 4.79 Å². The predicted molar refractivity (Wildman–Crippen MR) is 163 cm³/mol. The maximum absolute atomic E-state index is 13.5. The number of ether oxygens (including phenoxy) is 1. The van der Waals surface area contributed by atoms with Crippen molar-refractivity contribution in [2.45, 2.75) is 25.4 Å². The van der Waals surface area contributed by atoms with Crippen LogP contribution in [0.4, 0.5) is 5.69 Å². The second-order valence-corrected chi connectivity index (χ2v) is 11.2. The number of carbonyl (C=O) groups excluding carboxylic acids is 1. The first kappa shape index (κ1) is 23.9. The summed E-state index contributed by atoms with van der Waals surface area (Å²) in [5.74, 6) is -0.398. The zero-order chi connectivity index (χ0) is 27.7. The minimum atomic E-state index is -1.14.